The predicted molar refractivity (Wildman–Crippen MR) is 87.0 cm³/mol. The Hall–Kier alpha value is -1.55. The summed E-state index contributed by atoms with van der Waals surface area (Å²) in [6.45, 7) is 8.07. The second-order valence-electron chi connectivity index (χ2n) is 6.05. The van der Waals surface area contributed by atoms with Crippen LogP contribution in [0.25, 0.3) is 0 Å². The lowest BCUT2D eigenvalue weighted by atomic mass is 10.1. The number of likely N-dealkylation sites (tertiary alicyclic amines) is 1. The molecular weight excluding hydrogens is 262 g/mol. The zero-order valence-corrected chi connectivity index (χ0v) is 12.9. The smallest absolute Gasteiger partial charge is 0.223 e. The molecule has 2 aliphatic rings. The molecule has 1 aromatic carbocycles. The summed E-state index contributed by atoms with van der Waals surface area (Å²) >= 11 is 0. The van der Waals surface area contributed by atoms with Crippen LogP contribution in [0.4, 0.5) is 11.4 Å². The van der Waals surface area contributed by atoms with Gasteiger partial charge in [0.05, 0.1) is 11.4 Å². The molecule has 0 spiro atoms. The molecule has 0 atom stereocenters. The van der Waals surface area contributed by atoms with E-state index in [1.807, 2.05) is 11.0 Å². The average Bonchev–Trinajstić information content (AvgIpc) is 2.53. The van der Waals surface area contributed by atoms with Gasteiger partial charge in [-0.1, -0.05) is 18.6 Å². The number of anilines is 2. The summed E-state index contributed by atoms with van der Waals surface area (Å²) in [5, 5.41) is 0. The fourth-order valence-corrected chi connectivity index (χ4v) is 3.43. The van der Waals surface area contributed by atoms with E-state index in [4.69, 9.17) is 0 Å². The third-order valence-corrected chi connectivity index (χ3v) is 4.62. The van der Waals surface area contributed by atoms with Gasteiger partial charge >= 0.3 is 0 Å². The van der Waals surface area contributed by atoms with Crippen LogP contribution in [-0.4, -0.2) is 50.1 Å². The van der Waals surface area contributed by atoms with E-state index < -0.39 is 0 Å². The number of rotatable bonds is 3. The maximum Gasteiger partial charge on any atom is 0.223 e. The molecule has 0 saturated carbocycles. The van der Waals surface area contributed by atoms with Gasteiger partial charge in [0.15, 0.2) is 0 Å². The number of fused-ring (bicyclic) bond motifs is 1. The SMILES string of the molecule is CC(=O)N1CCN(CCN2CCCCC2)c2ccccc21. The van der Waals surface area contributed by atoms with Crippen molar-refractivity contribution in [1.82, 2.24) is 4.90 Å². The van der Waals surface area contributed by atoms with Crippen molar-refractivity contribution in [2.24, 2.45) is 0 Å². The first-order valence-electron chi connectivity index (χ1n) is 8.10. The highest BCUT2D eigenvalue weighted by atomic mass is 16.2. The number of amides is 1. The van der Waals surface area contributed by atoms with Crippen LogP contribution in [-0.2, 0) is 4.79 Å². The number of carbonyl (C=O) groups is 1. The molecule has 2 heterocycles. The van der Waals surface area contributed by atoms with Crippen molar-refractivity contribution in [3.63, 3.8) is 0 Å². The number of nitrogens with zero attached hydrogens (tertiary/aromatic N) is 3. The van der Waals surface area contributed by atoms with Crippen LogP contribution in [0.3, 0.4) is 0 Å². The maximum absolute atomic E-state index is 11.8. The van der Waals surface area contributed by atoms with Crippen LogP contribution in [0.2, 0.25) is 0 Å². The fourth-order valence-electron chi connectivity index (χ4n) is 3.43. The van der Waals surface area contributed by atoms with Gasteiger partial charge in [0, 0.05) is 33.1 Å². The van der Waals surface area contributed by atoms with Gasteiger partial charge in [-0.05, 0) is 38.1 Å². The second kappa shape index (κ2) is 6.48. The van der Waals surface area contributed by atoms with Gasteiger partial charge in [-0.2, -0.15) is 0 Å². The van der Waals surface area contributed by atoms with Crippen molar-refractivity contribution in [2.75, 3.05) is 49.1 Å². The van der Waals surface area contributed by atoms with E-state index in [1.165, 1.54) is 38.0 Å². The highest BCUT2D eigenvalue weighted by molar-refractivity contribution is 5.96. The van der Waals surface area contributed by atoms with Gasteiger partial charge < -0.3 is 14.7 Å². The normalized spacial score (nSPS) is 19.5. The molecule has 0 aliphatic carbocycles. The third kappa shape index (κ3) is 3.21. The number of carbonyl (C=O) groups excluding carboxylic acids is 1. The van der Waals surface area contributed by atoms with Gasteiger partial charge in [-0.15, -0.1) is 0 Å². The summed E-state index contributed by atoms with van der Waals surface area (Å²) < 4.78 is 0. The van der Waals surface area contributed by atoms with E-state index in [0.29, 0.717) is 0 Å². The van der Waals surface area contributed by atoms with E-state index in [0.717, 1.165) is 31.9 Å². The summed E-state index contributed by atoms with van der Waals surface area (Å²) in [4.78, 5) is 18.7. The van der Waals surface area contributed by atoms with E-state index in [2.05, 4.69) is 28.0 Å². The number of hydrogen-bond donors (Lipinski definition) is 0. The van der Waals surface area contributed by atoms with E-state index >= 15 is 0 Å². The first-order valence-corrected chi connectivity index (χ1v) is 8.10. The monoisotopic (exact) mass is 287 g/mol. The quantitative estimate of drug-likeness (QED) is 0.854. The van der Waals surface area contributed by atoms with Gasteiger partial charge in [0.25, 0.3) is 0 Å². The summed E-state index contributed by atoms with van der Waals surface area (Å²) in [6.07, 6.45) is 4.07. The van der Waals surface area contributed by atoms with Crippen molar-refractivity contribution in [1.29, 1.82) is 0 Å². The van der Waals surface area contributed by atoms with Gasteiger partial charge in [0.1, 0.15) is 0 Å². The molecule has 114 valence electrons. The van der Waals surface area contributed by atoms with Gasteiger partial charge in [-0.3, -0.25) is 4.79 Å². The molecule has 0 aromatic heterocycles. The van der Waals surface area contributed by atoms with Crippen molar-refractivity contribution < 1.29 is 4.79 Å². The molecule has 2 aliphatic heterocycles. The van der Waals surface area contributed by atoms with E-state index in [1.54, 1.807) is 6.92 Å². The molecule has 1 fully saturated rings. The van der Waals surface area contributed by atoms with E-state index in [9.17, 15) is 4.79 Å². The Labute approximate surface area is 127 Å². The highest BCUT2D eigenvalue weighted by Crippen LogP contribution is 2.32. The predicted octanol–water partition coefficient (Wildman–Crippen LogP) is 2.35. The lowest BCUT2D eigenvalue weighted by Crippen LogP contribution is -2.46. The molecule has 1 aromatic rings. The summed E-state index contributed by atoms with van der Waals surface area (Å²) in [5.41, 5.74) is 2.27. The molecule has 0 N–H and O–H groups in total. The van der Waals surface area contributed by atoms with Crippen LogP contribution in [0.5, 0.6) is 0 Å². The fraction of sp³-hybridized carbons (Fsp3) is 0.588. The number of para-hydroxylation sites is 2. The minimum absolute atomic E-state index is 0.137. The maximum atomic E-state index is 11.8. The molecule has 3 rings (SSSR count). The van der Waals surface area contributed by atoms with Crippen LogP contribution >= 0.6 is 0 Å². The average molecular weight is 287 g/mol. The first kappa shape index (κ1) is 14.4. The topological polar surface area (TPSA) is 26.8 Å². The molecule has 1 saturated heterocycles. The number of piperidine rings is 1. The third-order valence-electron chi connectivity index (χ3n) is 4.62. The molecule has 0 bridgehead atoms. The minimum atomic E-state index is 0.137. The lowest BCUT2D eigenvalue weighted by Gasteiger charge is -2.38. The Morgan fingerprint density at radius 2 is 1.67 bits per heavy atom. The lowest BCUT2D eigenvalue weighted by molar-refractivity contribution is -0.116. The Bertz CT molecular complexity index is 497. The molecule has 0 radical (unpaired) electrons. The zero-order valence-electron chi connectivity index (χ0n) is 12.9. The molecule has 0 unspecified atom stereocenters. The van der Waals surface area contributed by atoms with E-state index in [-0.39, 0.29) is 5.91 Å². The number of benzene rings is 1. The van der Waals surface area contributed by atoms with Crippen LogP contribution in [0.15, 0.2) is 24.3 Å². The highest BCUT2D eigenvalue weighted by Gasteiger charge is 2.24. The second-order valence-corrected chi connectivity index (χ2v) is 6.05. The van der Waals surface area contributed by atoms with Crippen molar-refractivity contribution in [3.05, 3.63) is 24.3 Å². The minimum Gasteiger partial charge on any atom is -0.367 e. The van der Waals surface area contributed by atoms with Gasteiger partial charge in [0.2, 0.25) is 5.91 Å². The Morgan fingerprint density at radius 3 is 2.38 bits per heavy atom. The molecule has 21 heavy (non-hydrogen) atoms. The first-order chi connectivity index (χ1) is 10.3. The summed E-state index contributed by atoms with van der Waals surface area (Å²) in [5.74, 6) is 0.137. The van der Waals surface area contributed by atoms with Crippen molar-refractivity contribution in [2.45, 2.75) is 26.2 Å². The standard InChI is InChI=1S/C17H25N3O/c1-15(21)20-14-13-19(16-7-3-4-8-17(16)20)12-11-18-9-5-2-6-10-18/h3-4,7-8H,2,5-6,9-14H2,1H3. The Balaban J connectivity index is 1.69. The van der Waals surface area contributed by atoms with Crippen molar-refractivity contribution >= 4 is 17.3 Å². The Morgan fingerprint density at radius 1 is 0.952 bits per heavy atom. The number of hydrogen-bond acceptors (Lipinski definition) is 3. The molecule has 4 heteroatoms. The Kier molecular flexibility index (Phi) is 4.44. The summed E-state index contributed by atoms with van der Waals surface area (Å²) in [6, 6.07) is 8.28. The molecule has 1 amide bonds. The van der Waals surface area contributed by atoms with Crippen LogP contribution in [0.1, 0.15) is 26.2 Å². The molecule has 4 nitrogen and oxygen atoms in total. The van der Waals surface area contributed by atoms with Crippen LogP contribution < -0.4 is 9.80 Å². The zero-order chi connectivity index (χ0) is 14.7. The van der Waals surface area contributed by atoms with Crippen molar-refractivity contribution in [3.8, 4) is 0 Å². The van der Waals surface area contributed by atoms with Gasteiger partial charge in [-0.25, -0.2) is 0 Å². The summed E-state index contributed by atoms with van der Waals surface area (Å²) in [7, 11) is 0. The largest absolute Gasteiger partial charge is 0.367 e. The van der Waals surface area contributed by atoms with Crippen LogP contribution in [0, 0.1) is 0 Å². The molecular formula is C17H25N3O.